The van der Waals surface area contributed by atoms with E-state index in [1.807, 2.05) is 18.2 Å². The largest absolute Gasteiger partial charge is 0.494 e. The molecular formula is C24H25Cl2NO. The summed E-state index contributed by atoms with van der Waals surface area (Å²) < 4.78 is 6.01. The molecule has 0 radical (unpaired) electrons. The summed E-state index contributed by atoms with van der Waals surface area (Å²) >= 11 is 12.5. The van der Waals surface area contributed by atoms with E-state index in [-0.39, 0.29) is 0 Å². The number of nitrogens with zero attached hydrogens (tertiary/aromatic N) is 1. The highest BCUT2D eigenvalue weighted by molar-refractivity contribution is 6.35. The third-order valence-corrected chi connectivity index (χ3v) is 6.37. The summed E-state index contributed by atoms with van der Waals surface area (Å²) in [6, 6.07) is 12.2. The minimum atomic E-state index is 0.654. The maximum atomic E-state index is 6.24. The van der Waals surface area contributed by atoms with Crippen molar-refractivity contribution in [3.05, 3.63) is 81.0 Å². The van der Waals surface area contributed by atoms with Gasteiger partial charge in [-0.15, -0.1) is 0 Å². The van der Waals surface area contributed by atoms with Crippen LogP contribution in [0, 0.1) is 0 Å². The second-order valence-corrected chi connectivity index (χ2v) is 8.33. The third-order valence-electron chi connectivity index (χ3n) is 5.66. The molecule has 1 aliphatic heterocycles. The molecule has 0 bridgehead atoms. The van der Waals surface area contributed by atoms with Crippen molar-refractivity contribution in [3.8, 4) is 5.75 Å². The SMILES string of the molecule is CC1=C(CN2C=CC2)CCc2cc(OCCCc3c(Cl)cccc3Cl)ccc21. The number of hydrogen-bond donors (Lipinski definition) is 0. The van der Waals surface area contributed by atoms with Gasteiger partial charge in [0.1, 0.15) is 5.75 Å². The fraction of sp³-hybridized carbons (Fsp3) is 0.333. The molecule has 0 unspecified atom stereocenters. The first-order valence-electron chi connectivity index (χ1n) is 9.90. The van der Waals surface area contributed by atoms with Crippen molar-refractivity contribution in [3.63, 3.8) is 0 Å². The fourth-order valence-corrected chi connectivity index (χ4v) is 4.51. The Bertz CT molecular complexity index is 912. The van der Waals surface area contributed by atoms with Crippen molar-refractivity contribution in [1.29, 1.82) is 0 Å². The lowest BCUT2D eigenvalue weighted by atomic mass is 9.86. The third kappa shape index (κ3) is 4.24. The Balaban J connectivity index is 1.35. The van der Waals surface area contributed by atoms with E-state index in [0.29, 0.717) is 6.61 Å². The number of halogens is 2. The molecule has 0 saturated carbocycles. The molecule has 1 aliphatic carbocycles. The molecule has 2 aromatic rings. The zero-order valence-corrected chi connectivity index (χ0v) is 17.7. The second kappa shape index (κ2) is 8.63. The molecule has 4 rings (SSSR count). The van der Waals surface area contributed by atoms with Gasteiger partial charge in [-0.1, -0.05) is 35.3 Å². The maximum Gasteiger partial charge on any atom is 0.119 e. The molecule has 0 atom stereocenters. The van der Waals surface area contributed by atoms with E-state index in [9.17, 15) is 0 Å². The monoisotopic (exact) mass is 413 g/mol. The molecule has 0 N–H and O–H groups in total. The van der Waals surface area contributed by atoms with Crippen molar-refractivity contribution < 1.29 is 4.74 Å². The van der Waals surface area contributed by atoms with E-state index in [0.717, 1.165) is 60.1 Å². The van der Waals surface area contributed by atoms with E-state index in [2.05, 4.69) is 42.3 Å². The van der Waals surface area contributed by atoms with Crippen molar-refractivity contribution in [2.45, 2.75) is 32.6 Å². The first kappa shape index (κ1) is 19.4. The Kier molecular flexibility index (Phi) is 5.99. The van der Waals surface area contributed by atoms with Gasteiger partial charge in [0, 0.05) is 23.1 Å². The van der Waals surface area contributed by atoms with Gasteiger partial charge in [-0.2, -0.15) is 0 Å². The smallest absolute Gasteiger partial charge is 0.119 e. The van der Waals surface area contributed by atoms with E-state index < -0.39 is 0 Å². The number of benzene rings is 2. The molecule has 0 spiro atoms. The summed E-state index contributed by atoms with van der Waals surface area (Å²) in [6.07, 6.45) is 8.31. The summed E-state index contributed by atoms with van der Waals surface area (Å²) in [5, 5.41) is 1.46. The van der Waals surface area contributed by atoms with Crippen LogP contribution in [0.15, 0.2) is 54.2 Å². The van der Waals surface area contributed by atoms with E-state index >= 15 is 0 Å². The topological polar surface area (TPSA) is 12.5 Å². The highest BCUT2D eigenvalue weighted by Gasteiger charge is 2.18. The summed E-state index contributed by atoms with van der Waals surface area (Å²) in [7, 11) is 0. The molecule has 2 aliphatic rings. The molecule has 146 valence electrons. The van der Waals surface area contributed by atoms with Crippen molar-refractivity contribution in [1.82, 2.24) is 4.90 Å². The number of fused-ring (bicyclic) bond motifs is 1. The van der Waals surface area contributed by atoms with Crippen molar-refractivity contribution >= 4 is 28.8 Å². The summed E-state index contributed by atoms with van der Waals surface area (Å²) in [5.41, 5.74) is 6.77. The number of allylic oxidation sites excluding steroid dienone is 1. The molecule has 0 saturated heterocycles. The predicted molar refractivity (Wildman–Crippen MR) is 118 cm³/mol. The summed E-state index contributed by atoms with van der Waals surface area (Å²) in [5.74, 6) is 0.950. The number of hydrogen-bond acceptors (Lipinski definition) is 2. The van der Waals surface area contributed by atoms with Gasteiger partial charge >= 0.3 is 0 Å². The maximum absolute atomic E-state index is 6.24. The van der Waals surface area contributed by atoms with Gasteiger partial charge in [0.2, 0.25) is 0 Å². The Morgan fingerprint density at radius 2 is 1.86 bits per heavy atom. The van der Waals surface area contributed by atoms with E-state index in [4.69, 9.17) is 27.9 Å². The van der Waals surface area contributed by atoms with Crippen LogP contribution in [-0.4, -0.2) is 24.6 Å². The van der Waals surface area contributed by atoms with Crippen molar-refractivity contribution in [2.75, 3.05) is 19.7 Å². The highest BCUT2D eigenvalue weighted by Crippen LogP contribution is 2.34. The number of aryl methyl sites for hydroxylation is 1. The summed E-state index contributed by atoms with van der Waals surface area (Å²) in [6.45, 7) is 5.05. The van der Waals surface area contributed by atoms with Crippen LogP contribution < -0.4 is 4.74 Å². The molecule has 2 aromatic carbocycles. The van der Waals surface area contributed by atoms with Crippen LogP contribution in [0.25, 0.3) is 5.57 Å². The van der Waals surface area contributed by atoms with Crippen LogP contribution in [0.2, 0.25) is 10.0 Å². The molecule has 4 heteroatoms. The lowest BCUT2D eigenvalue weighted by molar-refractivity contribution is 0.310. The summed E-state index contributed by atoms with van der Waals surface area (Å²) in [4.78, 5) is 2.37. The van der Waals surface area contributed by atoms with Crippen LogP contribution in [0.1, 0.15) is 36.5 Å². The molecule has 28 heavy (non-hydrogen) atoms. The minimum absolute atomic E-state index is 0.654. The first-order valence-corrected chi connectivity index (χ1v) is 10.7. The predicted octanol–water partition coefficient (Wildman–Crippen LogP) is 6.55. The van der Waals surface area contributed by atoms with Crippen LogP contribution in [0.5, 0.6) is 5.75 Å². The van der Waals surface area contributed by atoms with Gasteiger partial charge in [0.25, 0.3) is 0 Å². The lowest BCUT2D eigenvalue weighted by Gasteiger charge is -2.30. The molecule has 2 nitrogen and oxygen atoms in total. The average molecular weight is 414 g/mol. The zero-order valence-electron chi connectivity index (χ0n) is 16.2. The average Bonchev–Trinajstić information content (AvgIpc) is 2.65. The van der Waals surface area contributed by atoms with Crippen molar-refractivity contribution in [2.24, 2.45) is 0 Å². The number of rotatable bonds is 7. The Morgan fingerprint density at radius 3 is 2.57 bits per heavy atom. The molecule has 0 aromatic heterocycles. The van der Waals surface area contributed by atoms with Crippen LogP contribution in [0.4, 0.5) is 0 Å². The van der Waals surface area contributed by atoms with Gasteiger partial charge in [-0.3, -0.25) is 0 Å². The fourth-order valence-electron chi connectivity index (χ4n) is 3.92. The van der Waals surface area contributed by atoms with Gasteiger partial charge in [-0.25, -0.2) is 0 Å². The Hall–Kier alpha value is -1.90. The molecule has 1 heterocycles. The van der Waals surface area contributed by atoms with Gasteiger partial charge < -0.3 is 9.64 Å². The second-order valence-electron chi connectivity index (χ2n) is 7.51. The standard InChI is InChI=1S/C24H25Cl2NO/c1-17-19(16-27-12-4-13-27)9-8-18-15-20(10-11-21(17)18)28-14-3-5-22-23(25)6-2-7-24(22)26/h2,4,6-7,10-12,15H,3,5,8-9,13-14,16H2,1H3. The normalized spacial score (nSPS) is 15.5. The minimum Gasteiger partial charge on any atom is -0.494 e. The van der Waals surface area contributed by atoms with Crippen LogP contribution >= 0.6 is 23.2 Å². The molecule has 0 fully saturated rings. The zero-order chi connectivity index (χ0) is 19.5. The first-order chi connectivity index (χ1) is 13.6. The van der Waals surface area contributed by atoms with E-state index in [1.165, 1.54) is 16.7 Å². The Morgan fingerprint density at radius 1 is 1.07 bits per heavy atom. The van der Waals surface area contributed by atoms with Crippen LogP contribution in [-0.2, 0) is 12.8 Å². The van der Waals surface area contributed by atoms with E-state index in [1.54, 1.807) is 5.57 Å². The lowest BCUT2D eigenvalue weighted by Crippen LogP contribution is -2.27. The van der Waals surface area contributed by atoms with Gasteiger partial charge in [-0.05, 0) is 97.0 Å². The molecular weight excluding hydrogens is 389 g/mol. The highest BCUT2D eigenvalue weighted by atomic mass is 35.5. The van der Waals surface area contributed by atoms with Gasteiger partial charge in [0.15, 0.2) is 0 Å². The number of ether oxygens (including phenoxy) is 1. The van der Waals surface area contributed by atoms with Crippen LogP contribution in [0.3, 0.4) is 0 Å². The quantitative estimate of drug-likeness (QED) is 0.476. The Labute approximate surface area is 177 Å². The van der Waals surface area contributed by atoms with Gasteiger partial charge in [0.05, 0.1) is 6.61 Å². The molecule has 0 amide bonds.